The largest absolute Gasteiger partial charge is 0.497 e. The first kappa shape index (κ1) is 18.8. The van der Waals surface area contributed by atoms with Gasteiger partial charge >= 0.3 is 0 Å². The highest BCUT2D eigenvalue weighted by atomic mass is 32.2. The lowest BCUT2D eigenvalue weighted by Crippen LogP contribution is -2.36. The topological polar surface area (TPSA) is 96.5 Å². The van der Waals surface area contributed by atoms with Crippen LogP contribution in [0.3, 0.4) is 0 Å². The Morgan fingerprint density at radius 1 is 1.11 bits per heavy atom. The van der Waals surface area contributed by atoms with Crippen molar-refractivity contribution in [3.05, 3.63) is 65.9 Å². The second-order valence-electron chi connectivity index (χ2n) is 6.06. The number of nitrogens with one attached hydrogen (secondary N) is 3. The molecule has 0 atom stereocenters. The second kappa shape index (κ2) is 8.13. The van der Waals surface area contributed by atoms with E-state index in [4.69, 9.17) is 4.74 Å². The molecule has 0 aliphatic heterocycles. The first-order valence-corrected chi connectivity index (χ1v) is 9.98. The Hall–Kier alpha value is -3.00. The van der Waals surface area contributed by atoms with Gasteiger partial charge in [0.15, 0.2) is 0 Å². The number of carbonyl (C=O) groups is 1. The molecular formula is C19H21N3O4S. The zero-order valence-corrected chi connectivity index (χ0v) is 15.7. The number of hydrazine groups is 1. The molecule has 3 rings (SSSR count). The Morgan fingerprint density at radius 2 is 1.89 bits per heavy atom. The minimum Gasteiger partial charge on any atom is -0.497 e. The molecule has 0 heterocycles. The molecule has 1 aliphatic rings. The van der Waals surface area contributed by atoms with E-state index in [0.717, 1.165) is 25.0 Å². The van der Waals surface area contributed by atoms with E-state index in [1.165, 1.54) is 25.3 Å². The van der Waals surface area contributed by atoms with Gasteiger partial charge in [-0.25, -0.2) is 8.42 Å². The third-order valence-electron chi connectivity index (χ3n) is 4.13. The quantitative estimate of drug-likeness (QED) is 0.635. The molecule has 0 unspecified atom stereocenters. The molecule has 3 N–H and O–H groups in total. The highest BCUT2D eigenvalue weighted by Gasteiger charge is 2.17. The fourth-order valence-electron chi connectivity index (χ4n) is 2.67. The summed E-state index contributed by atoms with van der Waals surface area (Å²) in [7, 11) is -2.29. The van der Waals surface area contributed by atoms with Crippen LogP contribution in [-0.2, 0) is 10.0 Å². The predicted octanol–water partition coefficient (Wildman–Crippen LogP) is 2.80. The Balaban J connectivity index is 1.71. The minimum absolute atomic E-state index is 0.00560. The number of allylic oxidation sites excluding steroid dienone is 2. The molecule has 142 valence electrons. The first-order valence-electron chi connectivity index (χ1n) is 8.50. The van der Waals surface area contributed by atoms with Gasteiger partial charge in [-0.3, -0.25) is 14.9 Å². The molecule has 0 saturated carbocycles. The van der Waals surface area contributed by atoms with Crippen LogP contribution in [0, 0.1) is 0 Å². The zero-order chi connectivity index (χ0) is 19.3. The molecule has 8 heteroatoms. The van der Waals surface area contributed by atoms with Crippen LogP contribution in [0.25, 0.3) is 0 Å². The second-order valence-corrected chi connectivity index (χ2v) is 7.74. The van der Waals surface area contributed by atoms with Crippen molar-refractivity contribution in [2.24, 2.45) is 0 Å². The van der Waals surface area contributed by atoms with Crippen molar-refractivity contribution < 1.29 is 17.9 Å². The Morgan fingerprint density at radius 3 is 2.56 bits per heavy atom. The maximum absolute atomic E-state index is 12.6. The summed E-state index contributed by atoms with van der Waals surface area (Å²) in [6.07, 6.45) is 4.96. The van der Waals surface area contributed by atoms with Crippen LogP contribution in [-0.4, -0.2) is 21.4 Å². The molecule has 2 aromatic rings. The number of hydrogen-bond acceptors (Lipinski definition) is 5. The average Bonchev–Trinajstić information content (AvgIpc) is 3.20. The number of rotatable bonds is 7. The summed E-state index contributed by atoms with van der Waals surface area (Å²) >= 11 is 0. The molecule has 0 radical (unpaired) electrons. The molecule has 0 saturated heterocycles. The van der Waals surface area contributed by atoms with E-state index >= 15 is 0 Å². The molecule has 27 heavy (non-hydrogen) atoms. The van der Waals surface area contributed by atoms with E-state index in [-0.39, 0.29) is 10.5 Å². The van der Waals surface area contributed by atoms with Crippen molar-refractivity contribution >= 4 is 21.6 Å². The standard InChI is InChI=1S/C19H21N3O4S/c1-26-17-11-9-16(10-12-17)22-27(24,25)18-8-4-5-14(13-18)19(23)21-20-15-6-2-3-7-15/h4-6,8-13,20,22H,2-3,7H2,1H3,(H,21,23). The number of amides is 1. The molecule has 1 aliphatic carbocycles. The van der Waals surface area contributed by atoms with E-state index in [2.05, 4.69) is 15.6 Å². The van der Waals surface area contributed by atoms with Crippen LogP contribution in [0.15, 0.2) is 65.2 Å². The van der Waals surface area contributed by atoms with Crippen LogP contribution >= 0.6 is 0 Å². The number of ether oxygens (including phenoxy) is 1. The van der Waals surface area contributed by atoms with Gasteiger partial charge in [0.25, 0.3) is 15.9 Å². The van der Waals surface area contributed by atoms with Gasteiger partial charge in [-0.05, 0) is 61.7 Å². The summed E-state index contributed by atoms with van der Waals surface area (Å²) in [4.78, 5) is 12.3. The van der Waals surface area contributed by atoms with Crippen LogP contribution < -0.4 is 20.3 Å². The maximum atomic E-state index is 12.6. The van der Waals surface area contributed by atoms with Crippen molar-refractivity contribution in [2.45, 2.75) is 24.2 Å². The lowest BCUT2D eigenvalue weighted by atomic mass is 10.2. The number of benzene rings is 2. The van der Waals surface area contributed by atoms with Crippen molar-refractivity contribution in [1.29, 1.82) is 0 Å². The minimum atomic E-state index is -3.82. The highest BCUT2D eigenvalue weighted by Crippen LogP contribution is 2.20. The van der Waals surface area contributed by atoms with Crippen molar-refractivity contribution in [3.63, 3.8) is 0 Å². The summed E-state index contributed by atoms with van der Waals surface area (Å²) in [5, 5.41) is 0. The number of carbonyl (C=O) groups excluding carboxylic acids is 1. The van der Waals surface area contributed by atoms with Gasteiger partial charge < -0.3 is 10.2 Å². The molecule has 1 amide bonds. The van der Waals surface area contributed by atoms with Gasteiger partial charge in [0, 0.05) is 16.9 Å². The fraction of sp³-hybridized carbons (Fsp3) is 0.211. The van der Waals surface area contributed by atoms with Gasteiger partial charge in [-0.2, -0.15) is 0 Å². The van der Waals surface area contributed by atoms with E-state index in [9.17, 15) is 13.2 Å². The van der Waals surface area contributed by atoms with E-state index < -0.39 is 15.9 Å². The van der Waals surface area contributed by atoms with Gasteiger partial charge in [-0.1, -0.05) is 12.1 Å². The molecule has 0 bridgehead atoms. The van der Waals surface area contributed by atoms with Crippen molar-refractivity contribution in [3.8, 4) is 5.75 Å². The molecule has 7 nitrogen and oxygen atoms in total. The van der Waals surface area contributed by atoms with Gasteiger partial charge in [0.05, 0.1) is 12.0 Å². The number of anilines is 1. The van der Waals surface area contributed by atoms with E-state index in [0.29, 0.717) is 11.4 Å². The summed E-state index contributed by atoms with van der Waals surface area (Å²) in [6, 6.07) is 12.4. The lowest BCUT2D eigenvalue weighted by Gasteiger charge is -2.11. The Bertz CT molecular complexity index is 953. The van der Waals surface area contributed by atoms with E-state index in [1.54, 1.807) is 30.3 Å². The lowest BCUT2D eigenvalue weighted by molar-refractivity contribution is 0.0938. The summed E-state index contributed by atoms with van der Waals surface area (Å²) < 4.78 is 32.7. The van der Waals surface area contributed by atoms with Gasteiger partial charge in [0.1, 0.15) is 5.75 Å². The zero-order valence-electron chi connectivity index (χ0n) is 14.9. The Kier molecular flexibility index (Phi) is 5.66. The first-order chi connectivity index (χ1) is 13.0. The van der Waals surface area contributed by atoms with Crippen molar-refractivity contribution in [2.75, 3.05) is 11.8 Å². The van der Waals surface area contributed by atoms with Crippen LogP contribution in [0.1, 0.15) is 29.6 Å². The number of methoxy groups -OCH3 is 1. The maximum Gasteiger partial charge on any atom is 0.269 e. The normalized spacial score (nSPS) is 13.6. The van der Waals surface area contributed by atoms with E-state index in [1.807, 2.05) is 6.08 Å². The van der Waals surface area contributed by atoms with Crippen LogP contribution in [0.4, 0.5) is 5.69 Å². The van der Waals surface area contributed by atoms with Crippen LogP contribution in [0.2, 0.25) is 0 Å². The highest BCUT2D eigenvalue weighted by molar-refractivity contribution is 7.92. The summed E-state index contributed by atoms with van der Waals surface area (Å²) in [5.74, 6) is 0.228. The van der Waals surface area contributed by atoms with Crippen LogP contribution in [0.5, 0.6) is 5.75 Å². The van der Waals surface area contributed by atoms with Gasteiger partial charge in [0.2, 0.25) is 0 Å². The van der Waals surface area contributed by atoms with Crippen molar-refractivity contribution in [1.82, 2.24) is 10.9 Å². The average molecular weight is 387 g/mol. The SMILES string of the molecule is COc1ccc(NS(=O)(=O)c2cccc(C(=O)NNC3=CCCC3)c2)cc1. The molecule has 2 aromatic carbocycles. The summed E-state index contributed by atoms with van der Waals surface area (Å²) in [5.41, 5.74) is 7.09. The monoisotopic (exact) mass is 387 g/mol. The number of sulfonamides is 1. The number of hydrogen-bond donors (Lipinski definition) is 3. The Labute approximate surface area is 158 Å². The fourth-order valence-corrected chi connectivity index (χ4v) is 3.78. The third-order valence-corrected chi connectivity index (χ3v) is 5.51. The van der Waals surface area contributed by atoms with Gasteiger partial charge in [-0.15, -0.1) is 0 Å². The molecule has 0 spiro atoms. The molecule has 0 aromatic heterocycles. The smallest absolute Gasteiger partial charge is 0.269 e. The summed E-state index contributed by atoms with van der Waals surface area (Å²) in [6.45, 7) is 0. The predicted molar refractivity (Wildman–Crippen MR) is 103 cm³/mol. The molecular weight excluding hydrogens is 366 g/mol. The third kappa shape index (κ3) is 4.79. The molecule has 0 fully saturated rings.